The second-order valence-corrected chi connectivity index (χ2v) is 5.55. The molecule has 0 radical (unpaired) electrons. The van der Waals surface area contributed by atoms with Crippen LogP contribution in [0, 0.1) is 0 Å². The fraction of sp³-hybridized carbons (Fsp3) is 0.333. The molecule has 98 valence electrons. The van der Waals surface area contributed by atoms with E-state index in [1.165, 1.54) is 18.7 Å². The Bertz CT molecular complexity index is 435. The highest BCUT2D eigenvalue weighted by Gasteiger charge is 2.20. The van der Waals surface area contributed by atoms with Crippen molar-refractivity contribution in [2.45, 2.75) is 30.1 Å². The highest BCUT2D eigenvalue weighted by Crippen LogP contribution is 2.25. The first-order valence-corrected chi connectivity index (χ1v) is 6.58. The predicted octanol–water partition coefficient (Wildman–Crippen LogP) is 2.24. The van der Waals surface area contributed by atoms with Crippen LogP contribution in [0.15, 0.2) is 29.2 Å². The fourth-order valence-electron chi connectivity index (χ4n) is 1.09. The van der Waals surface area contributed by atoms with E-state index < -0.39 is 23.2 Å². The topological polar surface area (TPSA) is 69.4 Å². The molecular weight excluding hydrogens is 274 g/mol. The van der Waals surface area contributed by atoms with Gasteiger partial charge in [-0.2, -0.15) is 0 Å². The normalized spacial score (nSPS) is 13.7. The smallest absolute Gasteiger partial charge is 0.319 e. The van der Waals surface area contributed by atoms with Crippen LogP contribution in [0.25, 0.3) is 0 Å². The molecule has 6 heteroatoms. The third-order valence-corrected chi connectivity index (χ3v) is 3.49. The summed E-state index contributed by atoms with van der Waals surface area (Å²) in [5.41, 5.74) is 5.02. The average molecular weight is 288 g/mol. The Morgan fingerprint density at radius 3 is 2.33 bits per heavy atom. The molecule has 0 bridgehead atoms. The number of hydrogen-bond acceptors (Lipinski definition) is 4. The van der Waals surface area contributed by atoms with Crippen molar-refractivity contribution in [2.24, 2.45) is 5.73 Å². The monoisotopic (exact) mass is 287 g/mol. The third-order valence-electron chi connectivity index (χ3n) is 2.15. The van der Waals surface area contributed by atoms with E-state index in [0.29, 0.717) is 5.02 Å². The molecule has 0 aliphatic heterocycles. The Labute approximate surface area is 115 Å². The lowest BCUT2D eigenvalue weighted by Gasteiger charge is -2.14. The first-order chi connectivity index (χ1) is 8.40. The minimum atomic E-state index is -0.911. The van der Waals surface area contributed by atoms with Gasteiger partial charge in [0.15, 0.2) is 6.10 Å². The Morgan fingerprint density at radius 2 is 1.83 bits per heavy atom. The van der Waals surface area contributed by atoms with Crippen molar-refractivity contribution in [3.63, 3.8) is 0 Å². The van der Waals surface area contributed by atoms with E-state index in [4.69, 9.17) is 22.1 Å². The second kappa shape index (κ2) is 6.66. The number of halogens is 1. The van der Waals surface area contributed by atoms with Gasteiger partial charge in [-0.1, -0.05) is 11.6 Å². The zero-order valence-electron chi connectivity index (χ0n) is 10.1. The van der Waals surface area contributed by atoms with Gasteiger partial charge in [-0.3, -0.25) is 9.59 Å². The first kappa shape index (κ1) is 14.9. The highest BCUT2D eigenvalue weighted by atomic mass is 35.5. The summed E-state index contributed by atoms with van der Waals surface area (Å²) in [4.78, 5) is 23.3. The number of primary amides is 1. The van der Waals surface area contributed by atoms with Gasteiger partial charge in [0.25, 0.3) is 5.91 Å². The van der Waals surface area contributed by atoms with Gasteiger partial charge in [0.05, 0.1) is 0 Å². The molecule has 1 aromatic carbocycles. The average Bonchev–Trinajstić information content (AvgIpc) is 2.31. The molecule has 1 aromatic rings. The van der Waals surface area contributed by atoms with Crippen molar-refractivity contribution in [3.05, 3.63) is 29.3 Å². The Morgan fingerprint density at radius 1 is 1.28 bits per heavy atom. The molecule has 0 aliphatic carbocycles. The maximum absolute atomic E-state index is 11.7. The standard InChI is InChI=1S/C12H14ClNO3S/c1-7(11(14)15)17-12(16)8(2)18-10-5-3-9(13)4-6-10/h3-8H,1-2H3,(H2,14,15)/t7-,8+/m1/s1. The first-order valence-electron chi connectivity index (χ1n) is 5.32. The van der Waals surface area contributed by atoms with Crippen LogP contribution in [0.2, 0.25) is 5.02 Å². The lowest BCUT2D eigenvalue weighted by molar-refractivity contribution is -0.152. The zero-order valence-corrected chi connectivity index (χ0v) is 11.6. The highest BCUT2D eigenvalue weighted by molar-refractivity contribution is 8.00. The Balaban J connectivity index is 2.54. The molecule has 0 spiro atoms. The minimum Gasteiger partial charge on any atom is -0.452 e. The SMILES string of the molecule is C[C@H](Sc1ccc(Cl)cc1)C(=O)O[C@H](C)C(N)=O. The molecule has 0 fully saturated rings. The number of thioether (sulfide) groups is 1. The van der Waals surface area contributed by atoms with Crippen LogP contribution in [-0.4, -0.2) is 23.2 Å². The summed E-state index contributed by atoms with van der Waals surface area (Å²) in [6.07, 6.45) is -0.911. The van der Waals surface area contributed by atoms with Gasteiger partial charge in [-0.25, -0.2) is 0 Å². The largest absolute Gasteiger partial charge is 0.452 e. The van der Waals surface area contributed by atoms with Crippen LogP contribution in [0.1, 0.15) is 13.8 Å². The molecule has 0 aromatic heterocycles. The molecular formula is C12H14ClNO3S. The molecule has 2 atom stereocenters. The van der Waals surface area contributed by atoms with Crippen molar-refractivity contribution in [2.75, 3.05) is 0 Å². The van der Waals surface area contributed by atoms with Gasteiger partial charge in [0.2, 0.25) is 0 Å². The number of nitrogens with two attached hydrogens (primary N) is 1. The minimum absolute atomic E-state index is 0.423. The number of rotatable bonds is 5. The van der Waals surface area contributed by atoms with Crippen molar-refractivity contribution in [1.82, 2.24) is 0 Å². The molecule has 4 nitrogen and oxygen atoms in total. The van der Waals surface area contributed by atoms with E-state index in [2.05, 4.69) is 0 Å². The molecule has 0 unspecified atom stereocenters. The predicted molar refractivity (Wildman–Crippen MR) is 71.5 cm³/mol. The van der Waals surface area contributed by atoms with E-state index in [0.717, 1.165) is 4.90 Å². The van der Waals surface area contributed by atoms with Gasteiger partial charge in [0, 0.05) is 9.92 Å². The number of esters is 1. The van der Waals surface area contributed by atoms with Crippen molar-refractivity contribution < 1.29 is 14.3 Å². The van der Waals surface area contributed by atoms with Crippen LogP contribution >= 0.6 is 23.4 Å². The summed E-state index contributed by atoms with van der Waals surface area (Å²) >= 11 is 7.09. The Kier molecular flexibility index (Phi) is 5.50. The molecule has 2 N–H and O–H groups in total. The summed E-state index contributed by atoms with van der Waals surface area (Å²) in [6.45, 7) is 3.15. The molecule has 1 rings (SSSR count). The molecule has 18 heavy (non-hydrogen) atoms. The second-order valence-electron chi connectivity index (χ2n) is 3.70. The van der Waals surface area contributed by atoms with Gasteiger partial charge < -0.3 is 10.5 Å². The van der Waals surface area contributed by atoms with E-state index in [1.807, 2.05) is 12.1 Å². The van der Waals surface area contributed by atoms with E-state index >= 15 is 0 Å². The molecule has 0 saturated carbocycles. The van der Waals surface area contributed by atoms with Crippen LogP contribution in [0.3, 0.4) is 0 Å². The number of amides is 1. The zero-order chi connectivity index (χ0) is 13.7. The van der Waals surface area contributed by atoms with Gasteiger partial charge in [0.1, 0.15) is 5.25 Å². The summed E-state index contributed by atoms with van der Waals surface area (Å²) in [5, 5.41) is 0.213. The summed E-state index contributed by atoms with van der Waals surface area (Å²) in [5.74, 6) is -1.13. The summed E-state index contributed by atoms with van der Waals surface area (Å²) < 4.78 is 4.91. The lowest BCUT2D eigenvalue weighted by Crippen LogP contribution is -2.32. The number of carbonyl (C=O) groups is 2. The summed E-state index contributed by atoms with van der Waals surface area (Å²) in [6, 6.07) is 7.12. The maximum atomic E-state index is 11.7. The van der Waals surface area contributed by atoms with Gasteiger partial charge in [-0.15, -0.1) is 11.8 Å². The maximum Gasteiger partial charge on any atom is 0.319 e. The van der Waals surface area contributed by atoms with Crippen LogP contribution in [0.4, 0.5) is 0 Å². The number of benzene rings is 1. The van der Waals surface area contributed by atoms with Crippen molar-refractivity contribution in [3.8, 4) is 0 Å². The van der Waals surface area contributed by atoms with E-state index in [9.17, 15) is 9.59 Å². The molecule has 1 amide bonds. The fourth-order valence-corrected chi connectivity index (χ4v) is 2.07. The number of hydrogen-bond donors (Lipinski definition) is 1. The summed E-state index contributed by atoms with van der Waals surface area (Å²) in [7, 11) is 0. The molecule has 0 heterocycles. The third kappa shape index (κ3) is 4.58. The van der Waals surface area contributed by atoms with Crippen LogP contribution in [0.5, 0.6) is 0 Å². The van der Waals surface area contributed by atoms with Crippen molar-refractivity contribution in [1.29, 1.82) is 0 Å². The molecule has 0 saturated heterocycles. The molecule has 0 aliphatic rings. The lowest BCUT2D eigenvalue weighted by atomic mass is 10.4. The van der Waals surface area contributed by atoms with E-state index in [-0.39, 0.29) is 0 Å². The number of ether oxygens (including phenoxy) is 1. The van der Waals surface area contributed by atoms with Crippen LogP contribution in [-0.2, 0) is 14.3 Å². The number of carbonyl (C=O) groups excluding carboxylic acids is 2. The quantitative estimate of drug-likeness (QED) is 0.666. The van der Waals surface area contributed by atoms with Crippen molar-refractivity contribution >= 4 is 35.2 Å². The van der Waals surface area contributed by atoms with Gasteiger partial charge in [-0.05, 0) is 38.1 Å². The van der Waals surface area contributed by atoms with E-state index in [1.54, 1.807) is 19.1 Å². The Hall–Kier alpha value is -1.20. The van der Waals surface area contributed by atoms with Crippen LogP contribution < -0.4 is 5.73 Å². The van der Waals surface area contributed by atoms with Gasteiger partial charge >= 0.3 is 5.97 Å².